The van der Waals surface area contributed by atoms with Gasteiger partial charge >= 0.3 is 6.03 Å². The fraction of sp³-hybridized carbons (Fsp3) is 0.909. The van der Waals surface area contributed by atoms with Gasteiger partial charge in [0, 0.05) is 26.2 Å². The van der Waals surface area contributed by atoms with Crippen LogP contribution in [0.4, 0.5) is 4.79 Å². The second-order valence-electron chi connectivity index (χ2n) is 4.46. The van der Waals surface area contributed by atoms with E-state index in [1.54, 1.807) is 0 Å². The van der Waals surface area contributed by atoms with Crippen LogP contribution in [0.15, 0.2) is 0 Å². The van der Waals surface area contributed by atoms with E-state index in [0.29, 0.717) is 0 Å². The summed E-state index contributed by atoms with van der Waals surface area (Å²) >= 11 is 0. The Hall–Kier alpha value is -0.730. The minimum atomic E-state index is 0.283. The molecule has 0 N–H and O–H groups in total. The van der Waals surface area contributed by atoms with Crippen LogP contribution in [0.3, 0.4) is 0 Å². The summed E-state index contributed by atoms with van der Waals surface area (Å²) in [6, 6.07) is 0.283. The number of amides is 2. The van der Waals surface area contributed by atoms with E-state index in [-0.39, 0.29) is 6.03 Å². The molecule has 0 aliphatic carbocycles. The predicted molar refractivity (Wildman–Crippen MR) is 56.2 cm³/mol. The van der Waals surface area contributed by atoms with E-state index >= 15 is 0 Å². The third-order valence-corrected chi connectivity index (χ3v) is 3.59. The van der Waals surface area contributed by atoms with Gasteiger partial charge in [-0.15, -0.1) is 0 Å². The highest BCUT2D eigenvalue weighted by molar-refractivity contribution is 5.75. The van der Waals surface area contributed by atoms with E-state index in [9.17, 15) is 4.79 Å². The van der Waals surface area contributed by atoms with Crippen molar-refractivity contribution in [3.63, 3.8) is 0 Å². The molecule has 0 aromatic carbocycles. The van der Waals surface area contributed by atoms with E-state index in [2.05, 4.69) is 6.92 Å². The summed E-state index contributed by atoms with van der Waals surface area (Å²) in [5.41, 5.74) is 0. The average molecular weight is 196 g/mol. The molecule has 2 heterocycles. The van der Waals surface area contributed by atoms with E-state index < -0.39 is 0 Å². The van der Waals surface area contributed by atoms with Gasteiger partial charge in [0.05, 0.1) is 0 Å². The van der Waals surface area contributed by atoms with Crippen molar-refractivity contribution in [3.05, 3.63) is 0 Å². The zero-order valence-electron chi connectivity index (χ0n) is 9.04. The highest BCUT2D eigenvalue weighted by atomic mass is 16.2. The Labute approximate surface area is 86.1 Å². The zero-order valence-corrected chi connectivity index (χ0v) is 9.04. The SMILES string of the molecule is CCC1CCN(C(=O)N2CCC2)CC1. The van der Waals surface area contributed by atoms with Crippen LogP contribution in [0, 0.1) is 5.92 Å². The topological polar surface area (TPSA) is 23.6 Å². The summed E-state index contributed by atoms with van der Waals surface area (Å²) in [6.45, 7) is 6.17. The van der Waals surface area contributed by atoms with Crippen molar-refractivity contribution in [2.45, 2.75) is 32.6 Å². The Morgan fingerprint density at radius 3 is 2.14 bits per heavy atom. The lowest BCUT2D eigenvalue weighted by molar-refractivity contribution is 0.110. The number of hydrogen-bond acceptors (Lipinski definition) is 1. The van der Waals surface area contributed by atoms with Gasteiger partial charge in [0.25, 0.3) is 0 Å². The molecule has 0 radical (unpaired) electrons. The van der Waals surface area contributed by atoms with Crippen LogP contribution in [0.1, 0.15) is 32.6 Å². The van der Waals surface area contributed by atoms with E-state index in [1.165, 1.54) is 25.7 Å². The molecule has 3 nitrogen and oxygen atoms in total. The number of carbonyl (C=O) groups excluding carboxylic acids is 1. The third-order valence-electron chi connectivity index (χ3n) is 3.59. The van der Waals surface area contributed by atoms with Crippen LogP contribution in [0.25, 0.3) is 0 Å². The Bertz CT molecular complexity index is 205. The first kappa shape index (κ1) is 9.81. The van der Waals surface area contributed by atoms with E-state index in [1.807, 2.05) is 9.80 Å². The van der Waals surface area contributed by atoms with Gasteiger partial charge in [-0.25, -0.2) is 4.79 Å². The van der Waals surface area contributed by atoms with Gasteiger partial charge in [-0.3, -0.25) is 0 Å². The second-order valence-corrected chi connectivity index (χ2v) is 4.46. The minimum absolute atomic E-state index is 0.283. The highest BCUT2D eigenvalue weighted by Crippen LogP contribution is 2.21. The molecule has 0 atom stereocenters. The minimum Gasteiger partial charge on any atom is -0.325 e. The molecule has 0 bridgehead atoms. The number of piperidine rings is 1. The number of carbonyl (C=O) groups is 1. The van der Waals surface area contributed by atoms with Gasteiger partial charge in [0.1, 0.15) is 0 Å². The maximum atomic E-state index is 11.8. The second kappa shape index (κ2) is 4.20. The smallest absolute Gasteiger partial charge is 0.319 e. The summed E-state index contributed by atoms with van der Waals surface area (Å²) in [4.78, 5) is 15.8. The quantitative estimate of drug-likeness (QED) is 0.628. The van der Waals surface area contributed by atoms with Gasteiger partial charge in [-0.1, -0.05) is 13.3 Å². The van der Waals surface area contributed by atoms with Crippen LogP contribution in [0.2, 0.25) is 0 Å². The van der Waals surface area contributed by atoms with Crippen molar-refractivity contribution in [2.75, 3.05) is 26.2 Å². The molecule has 3 heteroatoms. The highest BCUT2D eigenvalue weighted by Gasteiger charge is 2.28. The molecule has 2 aliphatic rings. The Morgan fingerprint density at radius 2 is 1.71 bits per heavy atom. The number of likely N-dealkylation sites (tertiary alicyclic amines) is 2. The molecule has 0 unspecified atom stereocenters. The van der Waals surface area contributed by atoms with Crippen LogP contribution in [-0.4, -0.2) is 42.0 Å². The van der Waals surface area contributed by atoms with Crippen LogP contribution >= 0.6 is 0 Å². The molecule has 0 aromatic rings. The molecule has 2 aliphatic heterocycles. The zero-order chi connectivity index (χ0) is 9.97. The lowest BCUT2D eigenvalue weighted by Gasteiger charge is -2.39. The lowest BCUT2D eigenvalue weighted by atomic mass is 9.94. The van der Waals surface area contributed by atoms with E-state index in [0.717, 1.165) is 32.1 Å². The van der Waals surface area contributed by atoms with Gasteiger partial charge < -0.3 is 9.80 Å². The van der Waals surface area contributed by atoms with E-state index in [4.69, 9.17) is 0 Å². The number of hydrogen-bond donors (Lipinski definition) is 0. The maximum Gasteiger partial charge on any atom is 0.319 e. The van der Waals surface area contributed by atoms with Gasteiger partial charge in [-0.05, 0) is 25.2 Å². The molecule has 2 rings (SSSR count). The van der Waals surface area contributed by atoms with Crippen LogP contribution in [-0.2, 0) is 0 Å². The summed E-state index contributed by atoms with van der Waals surface area (Å²) in [6.07, 6.45) is 4.87. The van der Waals surface area contributed by atoms with Gasteiger partial charge in [0.2, 0.25) is 0 Å². The molecular weight excluding hydrogens is 176 g/mol. The normalized spacial score (nSPS) is 23.5. The first-order chi connectivity index (χ1) is 6.81. The average Bonchev–Trinajstić information content (AvgIpc) is 2.15. The lowest BCUT2D eigenvalue weighted by Crippen LogP contribution is -2.51. The third kappa shape index (κ3) is 1.86. The number of nitrogens with zero attached hydrogens (tertiary/aromatic N) is 2. The fourth-order valence-corrected chi connectivity index (χ4v) is 2.24. The van der Waals surface area contributed by atoms with Crippen molar-refractivity contribution in [3.8, 4) is 0 Å². The molecule has 0 aromatic heterocycles. The standard InChI is InChI=1S/C11H20N2O/c1-2-10-4-8-13(9-5-10)11(14)12-6-3-7-12/h10H,2-9H2,1H3. The van der Waals surface area contributed by atoms with Crippen molar-refractivity contribution in [1.29, 1.82) is 0 Å². The first-order valence-corrected chi connectivity index (χ1v) is 5.85. The Kier molecular flexibility index (Phi) is 2.94. The number of urea groups is 1. The van der Waals surface area contributed by atoms with Crippen molar-refractivity contribution in [2.24, 2.45) is 5.92 Å². The fourth-order valence-electron chi connectivity index (χ4n) is 2.24. The predicted octanol–water partition coefficient (Wildman–Crippen LogP) is 1.93. The molecule has 0 saturated carbocycles. The maximum absolute atomic E-state index is 11.8. The van der Waals surface area contributed by atoms with Crippen molar-refractivity contribution < 1.29 is 4.79 Å². The largest absolute Gasteiger partial charge is 0.325 e. The van der Waals surface area contributed by atoms with Crippen LogP contribution < -0.4 is 0 Å². The summed E-state index contributed by atoms with van der Waals surface area (Å²) < 4.78 is 0. The van der Waals surface area contributed by atoms with Gasteiger partial charge in [-0.2, -0.15) is 0 Å². The molecule has 2 amide bonds. The summed E-state index contributed by atoms with van der Waals surface area (Å²) in [5, 5.41) is 0. The summed E-state index contributed by atoms with van der Waals surface area (Å²) in [5.74, 6) is 0.857. The summed E-state index contributed by atoms with van der Waals surface area (Å²) in [7, 11) is 0. The monoisotopic (exact) mass is 196 g/mol. The first-order valence-electron chi connectivity index (χ1n) is 5.85. The van der Waals surface area contributed by atoms with Crippen LogP contribution in [0.5, 0.6) is 0 Å². The Balaban J connectivity index is 1.79. The van der Waals surface area contributed by atoms with Crippen molar-refractivity contribution >= 4 is 6.03 Å². The Morgan fingerprint density at radius 1 is 1.14 bits per heavy atom. The molecule has 0 spiro atoms. The van der Waals surface area contributed by atoms with Crippen molar-refractivity contribution in [1.82, 2.24) is 9.80 Å². The number of rotatable bonds is 1. The van der Waals surface area contributed by atoms with Gasteiger partial charge in [0.15, 0.2) is 0 Å². The molecule has 2 saturated heterocycles. The molecule has 80 valence electrons. The molecular formula is C11H20N2O. The molecule has 14 heavy (non-hydrogen) atoms. The molecule has 2 fully saturated rings.